The summed E-state index contributed by atoms with van der Waals surface area (Å²) in [6.45, 7) is 6.57. The van der Waals surface area contributed by atoms with E-state index in [1.165, 1.54) is 0 Å². The second-order valence-electron chi connectivity index (χ2n) is 7.00. The Bertz CT molecular complexity index is 595. The number of rotatable bonds is 1. The van der Waals surface area contributed by atoms with Crippen molar-refractivity contribution in [3.8, 4) is 11.5 Å². The Kier molecular flexibility index (Phi) is 4.10. The number of carbonyl (C=O) groups excluding carboxylic acids is 1. The van der Waals surface area contributed by atoms with Crippen molar-refractivity contribution in [1.29, 1.82) is 0 Å². The van der Waals surface area contributed by atoms with Crippen LogP contribution in [-0.2, 0) is 4.74 Å². The van der Waals surface area contributed by atoms with Crippen molar-refractivity contribution in [3.63, 3.8) is 0 Å². The predicted octanol–water partition coefficient (Wildman–Crippen LogP) is 2.50. The van der Waals surface area contributed by atoms with E-state index in [-0.39, 0.29) is 25.3 Å². The number of nitrogens with zero attached hydrogens (tertiary/aromatic N) is 1. The van der Waals surface area contributed by atoms with Crippen molar-refractivity contribution in [2.75, 3.05) is 19.9 Å². The number of ether oxygens (including phenoxy) is 3. The number of carbonyl (C=O) groups is 1. The van der Waals surface area contributed by atoms with Gasteiger partial charge in [0.1, 0.15) is 5.60 Å². The standard InChI is InChI=1S/C17H23NO5/c1-17(2,3)23-16(20)18-7-6-12(13(19)9-18)11-4-5-14-15(8-11)22-10-21-14/h4-5,8,12-13,19H,6-7,9-10H2,1-3H3. The molecule has 126 valence electrons. The summed E-state index contributed by atoms with van der Waals surface area (Å²) in [4.78, 5) is 13.7. The quantitative estimate of drug-likeness (QED) is 0.861. The van der Waals surface area contributed by atoms with Gasteiger partial charge in [0.2, 0.25) is 6.79 Å². The van der Waals surface area contributed by atoms with Gasteiger partial charge in [-0.3, -0.25) is 0 Å². The summed E-state index contributed by atoms with van der Waals surface area (Å²) in [6, 6.07) is 5.73. The van der Waals surface area contributed by atoms with Crippen LogP contribution in [0.1, 0.15) is 38.7 Å². The first-order valence-corrected chi connectivity index (χ1v) is 7.89. The molecule has 0 aromatic heterocycles. The maximum Gasteiger partial charge on any atom is 0.410 e. The lowest BCUT2D eigenvalue weighted by Crippen LogP contribution is -2.47. The highest BCUT2D eigenvalue weighted by Gasteiger charge is 2.33. The number of likely N-dealkylation sites (tertiary alicyclic amines) is 1. The Morgan fingerprint density at radius 1 is 1.30 bits per heavy atom. The van der Waals surface area contributed by atoms with E-state index in [0.29, 0.717) is 18.7 Å². The topological polar surface area (TPSA) is 68.2 Å². The summed E-state index contributed by atoms with van der Waals surface area (Å²) in [6.07, 6.45) is -0.322. The van der Waals surface area contributed by atoms with Gasteiger partial charge in [0, 0.05) is 12.5 Å². The molecular formula is C17H23NO5. The van der Waals surface area contributed by atoms with Crippen molar-refractivity contribution in [1.82, 2.24) is 4.90 Å². The third-order valence-corrected chi connectivity index (χ3v) is 4.06. The first-order chi connectivity index (χ1) is 10.8. The molecule has 6 heteroatoms. The molecular weight excluding hydrogens is 298 g/mol. The zero-order valence-electron chi connectivity index (χ0n) is 13.7. The van der Waals surface area contributed by atoms with E-state index in [4.69, 9.17) is 14.2 Å². The Morgan fingerprint density at radius 2 is 2.04 bits per heavy atom. The average molecular weight is 321 g/mol. The van der Waals surface area contributed by atoms with Crippen LogP contribution in [0.3, 0.4) is 0 Å². The van der Waals surface area contributed by atoms with E-state index in [0.717, 1.165) is 11.3 Å². The third kappa shape index (κ3) is 3.52. The molecule has 0 radical (unpaired) electrons. The number of aliphatic hydroxyl groups excluding tert-OH is 1. The third-order valence-electron chi connectivity index (χ3n) is 4.06. The molecule has 0 saturated carbocycles. The summed E-state index contributed by atoms with van der Waals surface area (Å²) in [7, 11) is 0. The van der Waals surface area contributed by atoms with Crippen molar-refractivity contribution >= 4 is 6.09 Å². The molecule has 1 saturated heterocycles. The van der Waals surface area contributed by atoms with Crippen molar-refractivity contribution in [3.05, 3.63) is 23.8 Å². The molecule has 1 amide bonds. The minimum atomic E-state index is -0.628. The van der Waals surface area contributed by atoms with Gasteiger partial charge >= 0.3 is 6.09 Å². The van der Waals surface area contributed by atoms with Gasteiger partial charge in [0.25, 0.3) is 0 Å². The van der Waals surface area contributed by atoms with Crippen LogP contribution in [0.25, 0.3) is 0 Å². The fraction of sp³-hybridized carbons (Fsp3) is 0.588. The lowest BCUT2D eigenvalue weighted by molar-refractivity contribution is -0.00153. The summed E-state index contributed by atoms with van der Waals surface area (Å²) in [5.74, 6) is 1.42. The highest BCUT2D eigenvalue weighted by molar-refractivity contribution is 5.68. The molecule has 23 heavy (non-hydrogen) atoms. The van der Waals surface area contributed by atoms with Crippen LogP contribution in [0, 0.1) is 0 Å². The fourth-order valence-electron chi connectivity index (χ4n) is 2.96. The number of hydrogen-bond donors (Lipinski definition) is 1. The van der Waals surface area contributed by atoms with Gasteiger partial charge in [0.15, 0.2) is 11.5 Å². The molecule has 1 aromatic rings. The minimum Gasteiger partial charge on any atom is -0.454 e. The van der Waals surface area contributed by atoms with Crippen molar-refractivity contribution in [2.24, 2.45) is 0 Å². The van der Waals surface area contributed by atoms with Gasteiger partial charge in [-0.05, 0) is 44.9 Å². The Labute approximate surface area is 135 Å². The molecule has 2 aliphatic heterocycles. The largest absolute Gasteiger partial charge is 0.454 e. The molecule has 0 aliphatic carbocycles. The van der Waals surface area contributed by atoms with Crippen LogP contribution in [0.15, 0.2) is 18.2 Å². The van der Waals surface area contributed by atoms with Gasteiger partial charge in [-0.2, -0.15) is 0 Å². The predicted molar refractivity (Wildman–Crippen MR) is 83.7 cm³/mol. The van der Waals surface area contributed by atoms with Crippen LogP contribution in [0.2, 0.25) is 0 Å². The van der Waals surface area contributed by atoms with Gasteiger partial charge in [-0.25, -0.2) is 4.79 Å². The summed E-state index contributed by atoms with van der Waals surface area (Å²) >= 11 is 0. The highest BCUT2D eigenvalue weighted by Crippen LogP contribution is 2.37. The molecule has 2 heterocycles. The molecule has 2 unspecified atom stereocenters. The normalized spacial score (nSPS) is 23.7. The molecule has 6 nitrogen and oxygen atoms in total. The van der Waals surface area contributed by atoms with E-state index in [1.807, 2.05) is 39.0 Å². The first kappa shape index (κ1) is 15.9. The highest BCUT2D eigenvalue weighted by atomic mass is 16.7. The molecule has 3 rings (SSSR count). The summed E-state index contributed by atoms with van der Waals surface area (Å²) in [5, 5.41) is 10.5. The van der Waals surface area contributed by atoms with Gasteiger partial charge < -0.3 is 24.2 Å². The molecule has 1 N–H and O–H groups in total. The summed E-state index contributed by atoms with van der Waals surface area (Å²) in [5.41, 5.74) is 0.474. The average Bonchev–Trinajstić information content (AvgIpc) is 2.92. The van der Waals surface area contributed by atoms with E-state index >= 15 is 0 Å². The lowest BCUT2D eigenvalue weighted by atomic mass is 9.87. The molecule has 2 atom stereocenters. The Morgan fingerprint density at radius 3 is 2.74 bits per heavy atom. The van der Waals surface area contributed by atoms with E-state index < -0.39 is 11.7 Å². The SMILES string of the molecule is CC(C)(C)OC(=O)N1CCC(c2ccc3c(c2)OCO3)C(O)C1. The maximum absolute atomic E-state index is 12.1. The monoisotopic (exact) mass is 321 g/mol. The van der Waals surface area contributed by atoms with Gasteiger partial charge in [-0.15, -0.1) is 0 Å². The molecule has 0 spiro atoms. The molecule has 1 fully saturated rings. The molecule has 0 bridgehead atoms. The zero-order valence-corrected chi connectivity index (χ0v) is 13.7. The molecule has 2 aliphatic rings. The fourth-order valence-corrected chi connectivity index (χ4v) is 2.96. The number of piperidine rings is 1. The van der Waals surface area contributed by atoms with Gasteiger partial charge in [-0.1, -0.05) is 6.07 Å². The smallest absolute Gasteiger partial charge is 0.410 e. The van der Waals surface area contributed by atoms with Gasteiger partial charge in [0.05, 0.1) is 12.6 Å². The van der Waals surface area contributed by atoms with Crippen LogP contribution < -0.4 is 9.47 Å². The number of β-amino-alcohol motifs (C(OH)–C–C–N with tert-alkyl or cyclic N) is 1. The van der Waals surface area contributed by atoms with Crippen LogP contribution in [0.4, 0.5) is 4.79 Å². The zero-order chi connectivity index (χ0) is 16.6. The number of benzene rings is 1. The minimum absolute atomic E-state index is 0.0248. The second-order valence-corrected chi connectivity index (χ2v) is 7.00. The summed E-state index contributed by atoms with van der Waals surface area (Å²) < 4.78 is 16.1. The number of hydrogen-bond acceptors (Lipinski definition) is 5. The van der Waals surface area contributed by atoms with Crippen molar-refractivity contribution in [2.45, 2.75) is 44.8 Å². The Hall–Kier alpha value is -1.95. The number of aliphatic hydroxyl groups is 1. The number of amides is 1. The molecule has 1 aromatic carbocycles. The first-order valence-electron chi connectivity index (χ1n) is 7.89. The van der Waals surface area contributed by atoms with Crippen molar-refractivity contribution < 1.29 is 24.1 Å². The van der Waals surface area contributed by atoms with Crippen LogP contribution in [-0.4, -0.2) is 47.7 Å². The second kappa shape index (κ2) is 5.92. The van der Waals surface area contributed by atoms with E-state index in [9.17, 15) is 9.90 Å². The lowest BCUT2D eigenvalue weighted by Gasteiger charge is -2.36. The maximum atomic E-state index is 12.1. The Balaban J connectivity index is 1.66. The van der Waals surface area contributed by atoms with Crippen LogP contribution in [0.5, 0.6) is 11.5 Å². The van der Waals surface area contributed by atoms with E-state index in [2.05, 4.69) is 0 Å². The van der Waals surface area contributed by atoms with Crippen LogP contribution >= 0.6 is 0 Å². The number of fused-ring (bicyclic) bond motifs is 1. The van der Waals surface area contributed by atoms with E-state index in [1.54, 1.807) is 4.90 Å².